The number of fused-ring (bicyclic) bond motifs is 1. The van der Waals surface area contributed by atoms with Crippen LogP contribution in [0.5, 0.6) is 0 Å². The fourth-order valence-corrected chi connectivity index (χ4v) is 2.87. The number of para-hydroxylation sites is 1. The number of hydrogen-bond donors (Lipinski definition) is 0. The molecule has 3 aromatic rings. The quantitative estimate of drug-likeness (QED) is 0.645. The van der Waals surface area contributed by atoms with Gasteiger partial charge in [0.05, 0.1) is 22.5 Å². The van der Waals surface area contributed by atoms with Crippen LogP contribution in [0.3, 0.4) is 0 Å². The van der Waals surface area contributed by atoms with Gasteiger partial charge < -0.3 is 4.74 Å². The van der Waals surface area contributed by atoms with E-state index in [9.17, 15) is 18.0 Å². The summed E-state index contributed by atoms with van der Waals surface area (Å²) in [6.45, 7) is 0.478. The van der Waals surface area contributed by atoms with Gasteiger partial charge in [0.25, 0.3) is 0 Å². The van der Waals surface area contributed by atoms with E-state index in [1.165, 1.54) is 10.6 Å². The summed E-state index contributed by atoms with van der Waals surface area (Å²) in [5.41, 5.74) is -0.266. The predicted molar refractivity (Wildman–Crippen MR) is 92.5 cm³/mol. The highest BCUT2D eigenvalue weighted by Gasteiger charge is 2.31. The maximum atomic E-state index is 13.2. The van der Waals surface area contributed by atoms with Gasteiger partial charge in [-0.15, -0.1) is 0 Å². The maximum Gasteiger partial charge on any atom is 0.416 e. The number of aromatic nitrogens is 2. The molecule has 1 aromatic heterocycles. The molecule has 1 heterocycles. The van der Waals surface area contributed by atoms with Crippen LogP contribution in [0.1, 0.15) is 17.7 Å². The molecule has 0 fully saturated rings. The van der Waals surface area contributed by atoms with E-state index in [4.69, 9.17) is 4.74 Å². The highest BCUT2D eigenvalue weighted by atomic mass is 19.4. The molecule has 26 heavy (non-hydrogen) atoms. The van der Waals surface area contributed by atoms with Gasteiger partial charge in [-0.05, 0) is 37.1 Å². The molecule has 0 atom stereocenters. The summed E-state index contributed by atoms with van der Waals surface area (Å²) in [6, 6.07) is 11.9. The molecule has 0 saturated heterocycles. The van der Waals surface area contributed by atoms with E-state index in [-0.39, 0.29) is 5.52 Å². The Bertz CT molecular complexity index is 966. The molecule has 0 aliphatic rings. The van der Waals surface area contributed by atoms with E-state index in [0.717, 1.165) is 12.1 Å². The largest absolute Gasteiger partial charge is 0.416 e. The number of hydrogen-bond acceptors (Lipinski definition) is 3. The molecule has 0 aliphatic heterocycles. The Morgan fingerprint density at radius 3 is 2.50 bits per heavy atom. The minimum atomic E-state index is -4.49. The van der Waals surface area contributed by atoms with Crippen LogP contribution < -0.4 is 5.69 Å². The topological polar surface area (TPSA) is 44.1 Å². The van der Waals surface area contributed by atoms with Crippen molar-refractivity contribution in [1.82, 2.24) is 9.55 Å². The number of aryl methyl sites for hydroxylation is 1. The second-order valence-electron chi connectivity index (χ2n) is 5.84. The average molecular weight is 362 g/mol. The van der Waals surface area contributed by atoms with Gasteiger partial charge in [0.1, 0.15) is 0 Å². The summed E-state index contributed by atoms with van der Waals surface area (Å²) in [4.78, 5) is 16.7. The number of rotatable bonds is 5. The summed E-state index contributed by atoms with van der Waals surface area (Å²) in [5.74, 6) is 0. The van der Waals surface area contributed by atoms with Crippen LogP contribution in [0, 0.1) is 0 Å². The van der Waals surface area contributed by atoms with Gasteiger partial charge in [-0.1, -0.05) is 24.3 Å². The second-order valence-corrected chi connectivity index (χ2v) is 5.84. The third kappa shape index (κ3) is 3.62. The first kappa shape index (κ1) is 18.1. The van der Waals surface area contributed by atoms with Crippen molar-refractivity contribution >= 4 is 10.9 Å². The normalized spacial score (nSPS) is 11.8. The van der Waals surface area contributed by atoms with Crippen LogP contribution in [0.25, 0.3) is 16.6 Å². The number of methoxy groups -OCH3 is 1. The van der Waals surface area contributed by atoms with Gasteiger partial charge in [0.2, 0.25) is 0 Å². The standard InChI is InChI=1S/C19H17F3N2O2/c1-26-11-5-8-16-15-10-9-13(19(20,21)22)12-17(15)24(18(25)23-16)14-6-3-2-4-7-14/h2-4,6-7,9-10,12H,5,8,11H2,1H3. The SMILES string of the molecule is COCCCc1nc(=O)n(-c2ccccc2)c2cc(C(F)(F)F)ccc12. The molecule has 0 aliphatic carbocycles. The smallest absolute Gasteiger partial charge is 0.385 e. The Hall–Kier alpha value is -2.67. The van der Waals surface area contributed by atoms with Gasteiger partial charge in [-0.3, -0.25) is 4.57 Å². The highest BCUT2D eigenvalue weighted by Crippen LogP contribution is 2.32. The number of ether oxygens (including phenoxy) is 1. The summed E-state index contributed by atoms with van der Waals surface area (Å²) in [5, 5.41) is 0.526. The van der Waals surface area contributed by atoms with Crippen molar-refractivity contribution in [2.45, 2.75) is 19.0 Å². The summed E-state index contributed by atoms with van der Waals surface area (Å²) < 4.78 is 45.8. The van der Waals surface area contributed by atoms with E-state index >= 15 is 0 Å². The highest BCUT2D eigenvalue weighted by molar-refractivity contribution is 5.83. The Morgan fingerprint density at radius 2 is 1.85 bits per heavy atom. The zero-order chi connectivity index (χ0) is 18.7. The van der Waals surface area contributed by atoms with E-state index < -0.39 is 17.4 Å². The van der Waals surface area contributed by atoms with Gasteiger partial charge in [0, 0.05) is 19.1 Å². The lowest BCUT2D eigenvalue weighted by Gasteiger charge is -2.15. The molecule has 7 heteroatoms. The molecule has 2 aromatic carbocycles. The second kappa shape index (κ2) is 7.29. The fourth-order valence-electron chi connectivity index (χ4n) is 2.87. The summed E-state index contributed by atoms with van der Waals surface area (Å²) in [6.07, 6.45) is -3.43. The number of alkyl halides is 3. The Labute approximate surface area is 147 Å². The lowest BCUT2D eigenvalue weighted by Crippen LogP contribution is -2.24. The van der Waals surface area contributed by atoms with Crippen LogP contribution in [0.15, 0.2) is 53.3 Å². The molecule has 0 radical (unpaired) electrons. The molecule has 0 saturated carbocycles. The van der Waals surface area contributed by atoms with Crippen molar-refractivity contribution in [3.05, 3.63) is 70.3 Å². The third-order valence-electron chi connectivity index (χ3n) is 4.08. The molecule has 0 amide bonds. The molecular weight excluding hydrogens is 345 g/mol. The van der Waals surface area contributed by atoms with Crippen LogP contribution in [-0.4, -0.2) is 23.3 Å². The molecule has 3 rings (SSSR count). The van der Waals surface area contributed by atoms with Gasteiger partial charge in [0.15, 0.2) is 0 Å². The molecule has 136 valence electrons. The van der Waals surface area contributed by atoms with E-state index in [0.29, 0.717) is 36.2 Å². The zero-order valence-corrected chi connectivity index (χ0v) is 14.1. The maximum absolute atomic E-state index is 13.2. The van der Waals surface area contributed by atoms with Crippen molar-refractivity contribution in [2.75, 3.05) is 13.7 Å². The summed E-state index contributed by atoms with van der Waals surface area (Å²) in [7, 11) is 1.56. The molecule has 0 bridgehead atoms. The first-order chi connectivity index (χ1) is 12.4. The Balaban J connectivity index is 2.27. The molecule has 0 unspecified atom stereocenters. The van der Waals surface area contributed by atoms with E-state index in [1.54, 1.807) is 37.4 Å². The van der Waals surface area contributed by atoms with Crippen LogP contribution in [0.4, 0.5) is 13.2 Å². The van der Waals surface area contributed by atoms with E-state index in [2.05, 4.69) is 4.98 Å². The first-order valence-electron chi connectivity index (χ1n) is 8.09. The number of nitrogens with zero attached hydrogens (tertiary/aromatic N) is 2. The van der Waals surface area contributed by atoms with Crippen molar-refractivity contribution < 1.29 is 17.9 Å². The first-order valence-corrected chi connectivity index (χ1v) is 8.09. The zero-order valence-electron chi connectivity index (χ0n) is 14.1. The predicted octanol–water partition coefficient (Wildman–Crippen LogP) is 3.98. The lowest BCUT2D eigenvalue weighted by molar-refractivity contribution is -0.137. The monoisotopic (exact) mass is 362 g/mol. The summed E-state index contributed by atoms with van der Waals surface area (Å²) >= 11 is 0. The van der Waals surface area contributed by atoms with Crippen molar-refractivity contribution in [2.24, 2.45) is 0 Å². The number of halogens is 3. The van der Waals surface area contributed by atoms with Crippen LogP contribution >= 0.6 is 0 Å². The third-order valence-corrected chi connectivity index (χ3v) is 4.08. The van der Waals surface area contributed by atoms with Crippen LogP contribution in [-0.2, 0) is 17.3 Å². The van der Waals surface area contributed by atoms with Gasteiger partial charge in [-0.2, -0.15) is 18.2 Å². The Morgan fingerprint density at radius 1 is 1.12 bits per heavy atom. The van der Waals surface area contributed by atoms with Gasteiger partial charge in [-0.25, -0.2) is 4.79 Å². The van der Waals surface area contributed by atoms with Crippen molar-refractivity contribution in [3.8, 4) is 5.69 Å². The molecule has 0 spiro atoms. The van der Waals surface area contributed by atoms with Crippen molar-refractivity contribution in [3.63, 3.8) is 0 Å². The minimum Gasteiger partial charge on any atom is -0.385 e. The fraction of sp³-hybridized carbons (Fsp3) is 0.263. The van der Waals surface area contributed by atoms with E-state index in [1.807, 2.05) is 0 Å². The lowest BCUT2D eigenvalue weighted by atomic mass is 10.1. The Kier molecular flexibility index (Phi) is 5.08. The average Bonchev–Trinajstić information content (AvgIpc) is 2.61. The molecular formula is C19H17F3N2O2. The molecule has 0 N–H and O–H groups in total. The van der Waals surface area contributed by atoms with Crippen molar-refractivity contribution in [1.29, 1.82) is 0 Å². The molecule has 4 nitrogen and oxygen atoms in total. The number of benzene rings is 2. The van der Waals surface area contributed by atoms with Crippen LogP contribution in [0.2, 0.25) is 0 Å². The van der Waals surface area contributed by atoms with Gasteiger partial charge >= 0.3 is 11.9 Å². The minimum absolute atomic E-state index is 0.193.